The Bertz CT molecular complexity index is 380. The third-order valence-corrected chi connectivity index (χ3v) is 4.99. The molecule has 2 atom stereocenters. The lowest BCUT2D eigenvalue weighted by molar-refractivity contribution is 0.557. The summed E-state index contributed by atoms with van der Waals surface area (Å²) in [5.74, 6) is 0.848. The van der Waals surface area contributed by atoms with Crippen LogP contribution in [0.15, 0.2) is 18.2 Å². The molecule has 0 bridgehead atoms. The number of halogens is 2. The number of benzene rings is 1. The quantitative estimate of drug-likeness (QED) is 0.910. The van der Waals surface area contributed by atoms with E-state index in [0.717, 1.165) is 12.0 Å². The molecule has 2 rings (SSSR count). The first kappa shape index (κ1) is 13.2. The normalized spacial score (nSPS) is 22.4. The zero-order valence-corrected chi connectivity index (χ0v) is 11.2. The minimum atomic E-state index is -0.354. The lowest BCUT2D eigenvalue weighted by Gasteiger charge is -2.27. The Balaban J connectivity index is 1.96. The molecule has 1 nitrogen and oxygen atoms in total. The Morgan fingerprint density at radius 3 is 2.94 bits per heavy atom. The molecule has 1 aliphatic heterocycles. The van der Waals surface area contributed by atoms with Gasteiger partial charge in [0, 0.05) is 11.3 Å². The molecule has 1 fully saturated rings. The van der Waals surface area contributed by atoms with Gasteiger partial charge >= 0.3 is 0 Å². The van der Waals surface area contributed by atoms with Crippen molar-refractivity contribution in [2.45, 2.75) is 37.0 Å². The fourth-order valence-corrected chi connectivity index (χ4v) is 3.64. The van der Waals surface area contributed by atoms with Crippen LogP contribution in [-0.2, 0) is 6.42 Å². The highest BCUT2D eigenvalue weighted by molar-refractivity contribution is 8.00. The van der Waals surface area contributed by atoms with Gasteiger partial charge in [-0.25, -0.2) is 4.39 Å². The lowest BCUT2D eigenvalue weighted by Crippen LogP contribution is -2.36. The molecule has 1 saturated heterocycles. The standard InChI is InChI=1S/C13H17ClFNS/c14-10-5-4-9(7-11(10)15)8-12(16)13-3-1-2-6-17-13/h4-5,7,12-13H,1-3,6,8,16H2. The summed E-state index contributed by atoms with van der Waals surface area (Å²) in [6, 6.07) is 5.07. The number of hydrogen-bond donors (Lipinski definition) is 1. The largest absolute Gasteiger partial charge is 0.326 e. The van der Waals surface area contributed by atoms with Crippen molar-refractivity contribution in [2.75, 3.05) is 5.75 Å². The highest BCUT2D eigenvalue weighted by atomic mass is 35.5. The third-order valence-electron chi connectivity index (χ3n) is 3.15. The first-order valence-electron chi connectivity index (χ1n) is 5.98. The van der Waals surface area contributed by atoms with Gasteiger partial charge in [0.2, 0.25) is 0 Å². The Kier molecular flexibility index (Phi) is 4.71. The topological polar surface area (TPSA) is 26.0 Å². The van der Waals surface area contributed by atoms with Crippen LogP contribution in [0.5, 0.6) is 0 Å². The molecule has 1 aromatic carbocycles. The molecule has 0 amide bonds. The fourth-order valence-electron chi connectivity index (χ4n) is 2.17. The van der Waals surface area contributed by atoms with Crippen LogP contribution in [0.2, 0.25) is 5.02 Å². The molecule has 1 aromatic rings. The summed E-state index contributed by atoms with van der Waals surface area (Å²) < 4.78 is 13.3. The van der Waals surface area contributed by atoms with Crippen molar-refractivity contribution in [1.29, 1.82) is 0 Å². The Morgan fingerprint density at radius 1 is 1.47 bits per heavy atom. The van der Waals surface area contributed by atoms with Gasteiger partial charge in [-0.3, -0.25) is 0 Å². The van der Waals surface area contributed by atoms with Crippen molar-refractivity contribution in [1.82, 2.24) is 0 Å². The molecular weight excluding hydrogens is 257 g/mol. The maximum absolute atomic E-state index is 13.3. The molecular formula is C13H17ClFNS. The first-order valence-corrected chi connectivity index (χ1v) is 7.40. The van der Waals surface area contributed by atoms with Crippen molar-refractivity contribution in [3.63, 3.8) is 0 Å². The van der Waals surface area contributed by atoms with E-state index in [-0.39, 0.29) is 16.9 Å². The summed E-state index contributed by atoms with van der Waals surface area (Å²) in [6.45, 7) is 0. The van der Waals surface area contributed by atoms with E-state index in [0.29, 0.717) is 5.25 Å². The van der Waals surface area contributed by atoms with Gasteiger partial charge in [-0.15, -0.1) is 0 Å². The first-order chi connectivity index (χ1) is 8.16. The van der Waals surface area contributed by atoms with E-state index < -0.39 is 0 Å². The van der Waals surface area contributed by atoms with Crippen molar-refractivity contribution in [3.8, 4) is 0 Å². The zero-order chi connectivity index (χ0) is 12.3. The zero-order valence-electron chi connectivity index (χ0n) is 9.66. The predicted octanol–water partition coefficient (Wildman–Crippen LogP) is 3.63. The van der Waals surface area contributed by atoms with Gasteiger partial charge in [0.05, 0.1) is 5.02 Å². The molecule has 0 aromatic heterocycles. The number of rotatable bonds is 3. The Labute approximate surface area is 111 Å². The number of thioether (sulfide) groups is 1. The molecule has 1 heterocycles. The molecule has 17 heavy (non-hydrogen) atoms. The molecule has 0 radical (unpaired) electrons. The van der Waals surface area contributed by atoms with Crippen molar-refractivity contribution in [3.05, 3.63) is 34.6 Å². The Hall–Kier alpha value is -0.250. The van der Waals surface area contributed by atoms with E-state index in [4.69, 9.17) is 17.3 Å². The summed E-state index contributed by atoms with van der Waals surface area (Å²) in [6.07, 6.45) is 4.47. The van der Waals surface area contributed by atoms with Gasteiger partial charge in [0.25, 0.3) is 0 Å². The van der Waals surface area contributed by atoms with Crippen LogP contribution in [0.1, 0.15) is 24.8 Å². The second-order valence-electron chi connectivity index (χ2n) is 4.52. The second kappa shape index (κ2) is 6.07. The summed E-state index contributed by atoms with van der Waals surface area (Å²) in [5.41, 5.74) is 7.13. The molecule has 94 valence electrons. The maximum Gasteiger partial charge on any atom is 0.142 e. The minimum Gasteiger partial charge on any atom is -0.326 e. The number of hydrogen-bond acceptors (Lipinski definition) is 2. The van der Waals surface area contributed by atoms with Crippen molar-refractivity contribution < 1.29 is 4.39 Å². The lowest BCUT2D eigenvalue weighted by atomic mass is 10.0. The SMILES string of the molecule is NC(Cc1ccc(Cl)c(F)c1)C1CCCCS1. The molecule has 4 heteroatoms. The monoisotopic (exact) mass is 273 g/mol. The average Bonchev–Trinajstić information content (AvgIpc) is 2.35. The summed E-state index contributed by atoms with van der Waals surface area (Å²) in [7, 11) is 0. The minimum absolute atomic E-state index is 0.112. The third kappa shape index (κ3) is 3.60. The number of nitrogens with two attached hydrogens (primary N) is 1. The van der Waals surface area contributed by atoms with Gasteiger partial charge in [-0.05, 0) is 42.7 Å². The van der Waals surface area contributed by atoms with E-state index in [9.17, 15) is 4.39 Å². The Morgan fingerprint density at radius 2 is 2.29 bits per heavy atom. The van der Waals surface area contributed by atoms with E-state index in [1.807, 2.05) is 17.8 Å². The molecule has 2 N–H and O–H groups in total. The van der Waals surface area contributed by atoms with Crippen LogP contribution < -0.4 is 5.73 Å². The van der Waals surface area contributed by atoms with Crippen LogP contribution in [0, 0.1) is 5.82 Å². The van der Waals surface area contributed by atoms with Gasteiger partial charge in [0.1, 0.15) is 5.82 Å². The second-order valence-corrected chi connectivity index (χ2v) is 6.28. The fraction of sp³-hybridized carbons (Fsp3) is 0.538. The smallest absolute Gasteiger partial charge is 0.142 e. The van der Waals surface area contributed by atoms with Crippen LogP contribution in [0.4, 0.5) is 4.39 Å². The molecule has 0 saturated carbocycles. The summed E-state index contributed by atoms with van der Waals surface area (Å²) >= 11 is 7.61. The molecule has 1 aliphatic rings. The molecule has 0 aliphatic carbocycles. The van der Waals surface area contributed by atoms with Gasteiger partial charge in [-0.2, -0.15) is 11.8 Å². The van der Waals surface area contributed by atoms with Gasteiger partial charge in [-0.1, -0.05) is 24.1 Å². The summed E-state index contributed by atoms with van der Waals surface area (Å²) in [5, 5.41) is 0.692. The maximum atomic E-state index is 13.3. The van der Waals surface area contributed by atoms with Crippen LogP contribution >= 0.6 is 23.4 Å². The van der Waals surface area contributed by atoms with E-state index >= 15 is 0 Å². The molecule has 0 spiro atoms. The van der Waals surface area contributed by atoms with Crippen molar-refractivity contribution >= 4 is 23.4 Å². The van der Waals surface area contributed by atoms with Crippen LogP contribution in [0.3, 0.4) is 0 Å². The summed E-state index contributed by atoms with van der Waals surface area (Å²) in [4.78, 5) is 0. The highest BCUT2D eigenvalue weighted by Gasteiger charge is 2.21. The van der Waals surface area contributed by atoms with Gasteiger partial charge in [0.15, 0.2) is 0 Å². The van der Waals surface area contributed by atoms with E-state index in [2.05, 4.69) is 0 Å². The van der Waals surface area contributed by atoms with E-state index in [1.165, 1.54) is 31.1 Å². The van der Waals surface area contributed by atoms with Crippen LogP contribution in [0.25, 0.3) is 0 Å². The van der Waals surface area contributed by atoms with Crippen LogP contribution in [-0.4, -0.2) is 17.0 Å². The average molecular weight is 274 g/mol. The molecule has 2 unspecified atom stereocenters. The highest BCUT2D eigenvalue weighted by Crippen LogP contribution is 2.28. The predicted molar refractivity (Wildman–Crippen MR) is 73.2 cm³/mol. The van der Waals surface area contributed by atoms with Crippen molar-refractivity contribution in [2.24, 2.45) is 5.73 Å². The van der Waals surface area contributed by atoms with E-state index in [1.54, 1.807) is 6.07 Å². The van der Waals surface area contributed by atoms with Gasteiger partial charge < -0.3 is 5.73 Å².